The minimum absolute atomic E-state index is 0. The van der Waals surface area contributed by atoms with Crippen molar-refractivity contribution < 1.29 is 4.57 Å². The Morgan fingerprint density at radius 3 is 0.571 bits per heavy atom. The van der Waals surface area contributed by atoms with E-state index in [4.69, 9.17) is 4.57 Å². The number of hydrogen-bond donors (Lipinski definition) is 0. The molecular formula is H6Cl5OP. The Labute approximate surface area is 75.7 Å². The molecule has 0 saturated carbocycles. The lowest BCUT2D eigenvalue weighted by Gasteiger charge is -0.807. The van der Waals surface area contributed by atoms with Gasteiger partial charge in [0.1, 0.15) is 9.12 Å². The van der Waals surface area contributed by atoms with Gasteiger partial charge >= 0.3 is 0 Å². The molecule has 0 aliphatic rings. The Morgan fingerprint density at radius 1 is 0.571 bits per heavy atom. The number of halogens is 5. The molecule has 0 aromatic carbocycles. The minimum atomic E-state index is 0. The largest absolute Gasteiger partial charge is 0.279 e. The molecule has 0 fully saturated rings. The summed E-state index contributed by atoms with van der Waals surface area (Å²) in [6.45, 7) is 0. The third-order valence-electron chi connectivity index (χ3n) is 0. The van der Waals surface area contributed by atoms with Crippen molar-refractivity contribution in [3.63, 3.8) is 0 Å². The minimum Gasteiger partial charge on any atom is -0.279 e. The summed E-state index contributed by atoms with van der Waals surface area (Å²) in [4.78, 5) is 0. The zero-order valence-corrected chi connectivity index (χ0v) is 8.03. The molecule has 0 saturated heterocycles. The Morgan fingerprint density at radius 2 is 0.571 bits per heavy atom. The van der Waals surface area contributed by atoms with Gasteiger partial charge in [-0.2, -0.15) is 0 Å². The molecule has 0 spiro atoms. The van der Waals surface area contributed by atoms with Gasteiger partial charge in [0.2, 0.25) is 0 Å². The molecule has 0 unspecified atom stereocenters. The first-order chi connectivity index (χ1) is 1.00. The third kappa shape index (κ3) is 96.8. The molecule has 1 nitrogen and oxygen atoms in total. The predicted octanol–water partition coefficient (Wildman–Crippen LogP) is 2.58. The van der Waals surface area contributed by atoms with Gasteiger partial charge in [0.25, 0.3) is 0 Å². The van der Waals surface area contributed by atoms with Crippen molar-refractivity contribution in [2.75, 3.05) is 0 Å². The molecule has 0 rings (SSSR count). The molecule has 0 aromatic rings. The van der Waals surface area contributed by atoms with E-state index in [0.717, 1.165) is 0 Å². The van der Waals surface area contributed by atoms with Crippen molar-refractivity contribution in [2.45, 2.75) is 0 Å². The van der Waals surface area contributed by atoms with Gasteiger partial charge in [-0.15, -0.1) is 62.0 Å². The van der Waals surface area contributed by atoms with Gasteiger partial charge in [0, 0.05) is 0 Å². The fourth-order valence-electron chi connectivity index (χ4n) is 0. The average Bonchev–Trinajstić information content (AvgIpc) is 1.00. The monoisotopic (exact) mass is 228 g/mol. The highest BCUT2D eigenvalue weighted by Gasteiger charge is 0.667. The van der Waals surface area contributed by atoms with Crippen LogP contribution in [0, 0.1) is 0 Å². The van der Waals surface area contributed by atoms with Gasteiger partial charge in [0.05, 0.1) is 0 Å². The lowest BCUT2D eigenvalue weighted by Crippen LogP contribution is -0.489. The summed E-state index contributed by atoms with van der Waals surface area (Å²) in [5, 5.41) is 0. The van der Waals surface area contributed by atoms with Crippen LogP contribution in [0.1, 0.15) is 0 Å². The summed E-state index contributed by atoms with van der Waals surface area (Å²) in [5.74, 6) is 0. The van der Waals surface area contributed by atoms with Gasteiger partial charge in [-0.3, -0.25) is 4.57 Å². The molecule has 52 valence electrons. The molecule has 7 heteroatoms. The van der Waals surface area contributed by atoms with E-state index in [1.54, 1.807) is 9.12 Å². The highest BCUT2D eigenvalue weighted by atomic mass is 35.5. The maximum Gasteiger partial charge on any atom is 0.138 e. The quantitative estimate of drug-likeness (QED) is 0.585. The second-order valence-electron chi connectivity index (χ2n) is 0. The summed E-state index contributed by atoms with van der Waals surface area (Å²) in [7, 11) is 1.72. The standard InChI is InChI=1S/5ClH.HOP/c;;;;;1-2/h5*1H;2H. The lowest BCUT2D eigenvalue weighted by atomic mass is 16.0. The highest BCUT2D eigenvalue weighted by Crippen LogP contribution is 1.23. The molecule has 0 aromatic heterocycles. The normalized spacial score (nSPS) is 0.571. The van der Waals surface area contributed by atoms with Crippen molar-refractivity contribution in [1.29, 1.82) is 0 Å². The fraction of sp³-hybridized carbons (Fsp3) is 0. The van der Waals surface area contributed by atoms with Crippen LogP contribution in [0.15, 0.2) is 0 Å². The first kappa shape index (κ1) is 75.0. The van der Waals surface area contributed by atoms with Crippen molar-refractivity contribution >= 4 is 71.2 Å². The molecule has 0 aliphatic heterocycles. The maximum absolute atomic E-state index is 8.06. The number of hydrogen-bond acceptors (Lipinski definition) is 1. The molecule has 0 amide bonds. The zero-order chi connectivity index (χ0) is 2.00. The Hall–Kier alpha value is 1.55. The Kier molecular flexibility index (Phi) is 1440. The second kappa shape index (κ2) is 135. The Balaban J connectivity index is -0.000000000500. The van der Waals surface area contributed by atoms with E-state index in [1.807, 2.05) is 0 Å². The average molecular weight is 230 g/mol. The summed E-state index contributed by atoms with van der Waals surface area (Å²) >= 11 is 0. The van der Waals surface area contributed by atoms with Crippen LogP contribution < -0.4 is 0 Å². The lowest BCUT2D eigenvalue weighted by molar-refractivity contribution is 0.607. The SMILES string of the molecule is Cl.Cl.Cl.Cl.Cl.O=P. The first-order valence-electron chi connectivity index (χ1n) is 0.204. The molecular weight excluding hydrogens is 224 g/mol. The second-order valence-corrected chi connectivity index (χ2v) is 0. The van der Waals surface area contributed by atoms with E-state index < -0.39 is 0 Å². The van der Waals surface area contributed by atoms with Gasteiger partial charge in [0.15, 0.2) is 0 Å². The predicted molar refractivity (Wildman–Crippen MR) is 45.2 cm³/mol. The van der Waals surface area contributed by atoms with Gasteiger partial charge in [-0.05, 0) is 0 Å². The number of rotatable bonds is 0. The summed E-state index contributed by atoms with van der Waals surface area (Å²) in [5.41, 5.74) is 0. The first-order valence-corrected chi connectivity index (χ1v) is 0.612. The van der Waals surface area contributed by atoms with Crippen LogP contribution in [0.4, 0.5) is 0 Å². The van der Waals surface area contributed by atoms with Crippen molar-refractivity contribution in [3.8, 4) is 0 Å². The summed E-state index contributed by atoms with van der Waals surface area (Å²) in [6, 6.07) is 0. The molecule has 0 radical (unpaired) electrons. The van der Waals surface area contributed by atoms with E-state index in [-0.39, 0.29) is 62.0 Å². The van der Waals surface area contributed by atoms with Crippen LogP contribution in [0.3, 0.4) is 0 Å². The van der Waals surface area contributed by atoms with E-state index in [2.05, 4.69) is 0 Å². The summed E-state index contributed by atoms with van der Waals surface area (Å²) in [6.07, 6.45) is 0. The smallest absolute Gasteiger partial charge is 0.138 e. The van der Waals surface area contributed by atoms with Crippen molar-refractivity contribution in [1.82, 2.24) is 0 Å². The maximum atomic E-state index is 8.06. The third-order valence-corrected chi connectivity index (χ3v) is 0. The molecule has 0 bridgehead atoms. The van der Waals surface area contributed by atoms with Crippen molar-refractivity contribution in [3.05, 3.63) is 0 Å². The van der Waals surface area contributed by atoms with Crippen LogP contribution in [-0.2, 0) is 4.57 Å². The Bertz CT molecular complexity index is 8.04. The zero-order valence-electron chi connectivity index (χ0n) is 2.95. The van der Waals surface area contributed by atoms with Crippen LogP contribution in [-0.4, -0.2) is 0 Å². The van der Waals surface area contributed by atoms with E-state index >= 15 is 0 Å². The van der Waals surface area contributed by atoms with Gasteiger partial charge < -0.3 is 0 Å². The van der Waals surface area contributed by atoms with Crippen LogP contribution >= 0.6 is 71.2 Å². The van der Waals surface area contributed by atoms with Crippen LogP contribution in [0.2, 0.25) is 0 Å². The fourth-order valence-corrected chi connectivity index (χ4v) is 0. The van der Waals surface area contributed by atoms with E-state index in [9.17, 15) is 0 Å². The van der Waals surface area contributed by atoms with Crippen molar-refractivity contribution in [2.24, 2.45) is 0 Å². The highest BCUT2D eigenvalue weighted by molar-refractivity contribution is 7.00. The van der Waals surface area contributed by atoms with Crippen LogP contribution in [0.25, 0.3) is 0 Å². The molecule has 7 heavy (non-hydrogen) atoms. The van der Waals surface area contributed by atoms with Gasteiger partial charge in [-0.25, -0.2) is 0 Å². The molecule has 0 heterocycles. The molecule has 0 N–H and O–H groups in total. The topological polar surface area (TPSA) is 17.1 Å². The molecule has 0 atom stereocenters. The van der Waals surface area contributed by atoms with E-state index in [1.165, 1.54) is 0 Å². The van der Waals surface area contributed by atoms with E-state index in [0.29, 0.717) is 0 Å². The summed E-state index contributed by atoms with van der Waals surface area (Å²) < 4.78 is 8.06. The van der Waals surface area contributed by atoms with Gasteiger partial charge in [-0.1, -0.05) is 0 Å². The van der Waals surface area contributed by atoms with Crippen LogP contribution in [0.5, 0.6) is 0 Å². The molecule has 0 aliphatic carbocycles.